The predicted octanol–water partition coefficient (Wildman–Crippen LogP) is 1.87. The van der Waals surface area contributed by atoms with Gasteiger partial charge in [-0.3, -0.25) is 0 Å². The van der Waals surface area contributed by atoms with E-state index in [1.54, 1.807) is 0 Å². The van der Waals surface area contributed by atoms with Crippen molar-refractivity contribution in [3.63, 3.8) is 0 Å². The van der Waals surface area contributed by atoms with Crippen LogP contribution in [0.25, 0.3) is 0 Å². The zero-order valence-electron chi connectivity index (χ0n) is 9.65. The molecule has 0 spiro atoms. The molecule has 0 heterocycles. The molecule has 0 amide bonds. The third-order valence-corrected chi connectivity index (χ3v) is 4.15. The smallest absolute Gasteiger partial charge is 0.0143 e. The highest BCUT2D eigenvalue weighted by atomic mass is 15.0. The third-order valence-electron chi connectivity index (χ3n) is 4.15. The Morgan fingerprint density at radius 3 is 2.62 bits per heavy atom. The molecule has 0 radical (unpaired) electrons. The maximum atomic E-state index is 5.78. The maximum Gasteiger partial charge on any atom is 0.0143 e. The van der Waals surface area contributed by atoms with E-state index in [-0.39, 0.29) is 0 Å². The van der Waals surface area contributed by atoms with Gasteiger partial charge in [-0.1, -0.05) is 30.3 Å². The molecule has 2 nitrogen and oxygen atoms in total. The molecule has 3 rings (SSSR count). The molecule has 0 saturated heterocycles. The molecular weight excluding hydrogens is 196 g/mol. The molecule has 2 aliphatic rings. The predicted molar refractivity (Wildman–Crippen MR) is 66.3 cm³/mol. The average molecular weight is 216 g/mol. The van der Waals surface area contributed by atoms with Crippen LogP contribution in [0.15, 0.2) is 30.3 Å². The van der Waals surface area contributed by atoms with Crippen LogP contribution in [0.1, 0.15) is 30.7 Å². The minimum Gasteiger partial charge on any atom is -0.330 e. The van der Waals surface area contributed by atoms with Crippen molar-refractivity contribution in [1.82, 2.24) is 5.32 Å². The first-order valence-corrected chi connectivity index (χ1v) is 6.31. The van der Waals surface area contributed by atoms with Crippen LogP contribution in [0.2, 0.25) is 0 Å². The Morgan fingerprint density at radius 1 is 1.25 bits per heavy atom. The summed E-state index contributed by atoms with van der Waals surface area (Å²) in [6.07, 6.45) is 3.93. The van der Waals surface area contributed by atoms with E-state index in [2.05, 4.69) is 35.6 Å². The van der Waals surface area contributed by atoms with Crippen LogP contribution in [0.4, 0.5) is 0 Å². The molecule has 2 unspecified atom stereocenters. The summed E-state index contributed by atoms with van der Waals surface area (Å²) in [5, 5.41) is 3.68. The number of hydrogen-bond donors (Lipinski definition) is 2. The Kier molecular flexibility index (Phi) is 2.49. The molecule has 2 aliphatic carbocycles. The third kappa shape index (κ3) is 2.00. The summed E-state index contributed by atoms with van der Waals surface area (Å²) < 4.78 is 0. The summed E-state index contributed by atoms with van der Waals surface area (Å²) in [5.41, 5.74) is 7.73. The Morgan fingerprint density at radius 2 is 2.00 bits per heavy atom. The van der Waals surface area contributed by atoms with E-state index in [4.69, 9.17) is 5.73 Å². The van der Waals surface area contributed by atoms with Gasteiger partial charge in [-0.25, -0.2) is 0 Å². The van der Waals surface area contributed by atoms with Crippen LogP contribution >= 0.6 is 0 Å². The van der Waals surface area contributed by atoms with Gasteiger partial charge in [0.05, 0.1) is 0 Å². The Hall–Kier alpha value is -0.860. The summed E-state index contributed by atoms with van der Waals surface area (Å²) in [4.78, 5) is 0. The van der Waals surface area contributed by atoms with E-state index in [0.29, 0.717) is 11.5 Å². The molecule has 3 N–H and O–H groups in total. The highest BCUT2D eigenvalue weighted by Crippen LogP contribution is 2.46. The van der Waals surface area contributed by atoms with Crippen molar-refractivity contribution in [2.75, 3.05) is 13.1 Å². The molecule has 2 fully saturated rings. The van der Waals surface area contributed by atoms with Crippen molar-refractivity contribution < 1.29 is 0 Å². The molecule has 0 bridgehead atoms. The quantitative estimate of drug-likeness (QED) is 0.788. The lowest BCUT2D eigenvalue weighted by atomic mass is 10.1. The number of rotatable bonds is 5. The van der Waals surface area contributed by atoms with Crippen LogP contribution in [-0.2, 0) is 0 Å². The Balaban J connectivity index is 1.50. The van der Waals surface area contributed by atoms with Gasteiger partial charge in [0.25, 0.3) is 0 Å². The van der Waals surface area contributed by atoms with Gasteiger partial charge in [0, 0.05) is 18.5 Å². The van der Waals surface area contributed by atoms with E-state index >= 15 is 0 Å². The molecule has 2 atom stereocenters. The van der Waals surface area contributed by atoms with Crippen LogP contribution in [-0.4, -0.2) is 19.1 Å². The lowest BCUT2D eigenvalue weighted by Crippen LogP contribution is -2.31. The first-order chi connectivity index (χ1) is 7.83. The fourth-order valence-electron chi connectivity index (χ4n) is 2.47. The molecule has 1 aromatic carbocycles. The minimum atomic E-state index is 0.462. The van der Waals surface area contributed by atoms with Crippen molar-refractivity contribution in [2.24, 2.45) is 11.1 Å². The number of nitrogens with one attached hydrogen (secondary N) is 1. The van der Waals surface area contributed by atoms with Crippen LogP contribution < -0.4 is 11.1 Å². The largest absolute Gasteiger partial charge is 0.330 e. The van der Waals surface area contributed by atoms with Crippen LogP contribution in [0, 0.1) is 5.41 Å². The van der Waals surface area contributed by atoms with Crippen molar-refractivity contribution in [3.8, 4) is 0 Å². The second-order valence-corrected chi connectivity index (χ2v) is 5.44. The first-order valence-electron chi connectivity index (χ1n) is 6.31. The lowest BCUT2D eigenvalue weighted by Gasteiger charge is -2.13. The minimum absolute atomic E-state index is 0.462. The first kappa shape index (κ1) is 10.3. The SMILES string of the molecule is NCC1(CNC2CC2c2ccccc2)CC1. The second-order valence-electron chi connectivity index (χ2n) is 5.44. The van der Waals surface area contributed by atoms with Crippen LogP contribution in [0.3, 0.4) is 0 Å². The van der Waals surface area contributed by atoms with E-state index in [9.17, 15) is 0 Å². The molecule has 16 heavy (non-hydrogen) atoms. The van der Waals surface area contributed by atoms with Gasteiger partial charge in [-0.2, -0.15) is 0 Å². The van der Waals surface area contributed by atoms with Crippen molar-refractivity contribution >= 4 is 0 Å². The molecule has 86 valence electrons. The second kappa shape index (κ2) is 3.86. The van der Waals surface area contributed by atoms with E-state index in [1.165, 1.54) is 24.8 Å². The van der Waals surface area contributed by atoms with E-state index < -0.39 is 0 Å². The Bertz CT molecular complexity index is 356. The Labute approximate surface area is 97.2 Å². The highest BCUT2D eigenvalue weighted by Gasteiger charge is 2.44. The highest BCUT2D eigenvalue weighted by molar-refractivity contribution is 5.27. The molecule has 2 saturated carbocycles. The van der Waals surface area contributed by atoms with Gasteiger partial charge in [-0.15, -0.1) is 0 Å². The summed E-state index contributed by atoms with van der Waals surface area (Å²) >= 11 is 0. The van der Waals surface area contributed by atoms with Gasteiger partial charge < -0.3 is 11.1 Å². The lowest BCUT2D eigenvalue weighted by molar-refractivity contribution is 0.464. The van der Waals surface area contributed by atoms with Gasteiger partial charge in [0.15, 0.2) is 0 Å². The van der Waals surface area contributed by atoms with E-state index in [1.807, 2.05) is 0 Å². The van der Waals surface area contributed by atoms with Crippen molar-refractivity contribution in [2.45, 2.75) is 31.2 Å². The number of benzene rings is 1. The zero-order valence-corrected chi connectivity index (χ0v) is 9.65. The van der Waals surface area contributed by atoms with Crippen molar-refractivity contribution in [3.05, 3.63) is 35.9 Å². The fourth-order valence-corrected chi connectivity index (χ4v) is 2.47. The van der Waals surface area contributed by atoms with E-state index in [0.717, 1.165) is 19.0 Å². The number of hydrogen-bond acceptors (Lipinski definition) is 2. The topological polar surface area (TPSA) is 38.0 Å². The summed E-state index contributed by atoms with van der Waals surface area (Å²) in [7, 11) is 0. The normalized spacial score (nSPS) is 30.1. The maximum absolute atomic E-state index is 5.78. The van der Waals surface area contributed by atoms with Gasteiger partial charge in [0.1, 0.15) is 0 Å². The summed E-state index contributed by atoms with van der Waals surface area (Å²) in [5.74, 6) is 0.745. The fraction of sp³-hybridized carbons (Fsp3) is 0.571. The molecule has 0 aliphatic heterocycles. The van der Waals surface area contributed by atoms with Crippen molar-refractivity contribution in [1.29, 1.82) is 0 Å². The average Bonchev–Trinajstić information content (AvgIpc) is 3.23. The molecule has 0 aromatic heterocycles. The summed E-state index contributed by atoms with van der Waals surface area (Å²) in [6.45, 7) is 1.97. The monoisotopic (exact) mass is 216 g/mol. The number of nitrogens with two attached hydrogens (primary N) is 1. The van der Waals surface area contributed by atoms with Gasteiger partial charge >= 0.3 is 0 Å². The molecular formula is C14H20N2. The zero-order chi connectivity index (χ0) is 11.0. The van der Waals surface area contributed by atoms with Crippen LogP contribution in [0.5, 0.6) is 0 Å². The molecule has 1 aromatic rings. The van der Waals surface area contributed by atoms with Gasteiger partial charge in [0.2, 0.25) is 0 Å². The molecule has 2 heteroatoms. The summed E-state index contributed by atoms with van der Waals surface area (Å²) in [6, 6.07) is 11.5. The van der Waals surface area contributed by atoms with Gasteiger partial charge in [-0.05, 0) is 36.8 Å². The standard InChI is InChI=1S/C14H20N2/c15-9-14(6-7-14)10-16-13-8-12(13)11-4-2-1-3-5-11/h1-5,12-13,16H,6-10,15H2.